The van der Waals surface area contributed by atoms with Gasteiger partial charge in [-0.3, -0.25) is 9.59 Å². The van der Waals surface area contributed by atoms with E-state index < -0.39 is 5.60 Å². The van der Waals surface area contributed by atoms with Crippen molar-refractivity contribution in [2.75, 3.05) is 41.0 Å². The average Bonchev–Trinajstić information content (AvgIpc) is 2.61. The Kier molecular flexibility index (Phi) is 4.85. The summed E-state index contributed by atoms with van der Waals surface area (Å²) < 4.78 is 21.8. The van der Waals surface area contributed by atoms with E-state index in [4.69, 9.17) is 18.9 Å². The lowest BCUT2D eigenvalue weighted by Gasteiger charge is -2.44. The van der Waals surface area contributed by atoms with Crippen molar-refractivity contribution >= 4 is 11.7 Å². The summed E-state index contributed by atoms with van der Waals surface area (Å²) in [5.41, 5.74) is -0.113. The summed E-state index contributed by atoms with van der Waals surface area (Å²) in [4.78, 5) is 26.5. The summed E-state index contributed by atoms with van der Waals surface area (Å²) in [5, 5.41) is 0. The van der Waals surface area contributed by atoms with Crippen LogP contribution in [0.2, 0.25) is 0 Å². The molecule has 0 radical (unpaired) electrons. The van der Waals surface area contributed by atoms with Gasteiger partial charge in [0, 0.05) is 45.2 Å². The van der Waals surface area contributed by atoms with Crippen molar-refractivity contribution in [1.29, 1.82) is 0 Å². The highest BCUT2D eigenvalue weighted by Gasteiger charge is 2.44. The Balaban J connectivity index is 1.82. The van der Waals surface area contributed by atoms with Crippen LogP contribution in [0, 0.1) is 0 Å². The number of fused-ring (bicyclic) bond motifs is 1. The molecule has 2 aliphatic heterocycles. The number of ketones is 1. The molecule has 0 aliphatic carbocycles. The summed E-state index contributed by atoms with van der Waals surface area (Å²) in [5.74, 6) is 1.49. The van der Waals surface area contributed by atoms with Crippen molar-refractivity contribution in [2.45, 2.75) is 24.9 Å². The van der Waals surface area contributed by atoms with Crippen LogP contribution in [0.15, 0.2) is 12.1 Å². The minimum absolute atomic E-state index is 0.00239. The number of likely N-dealkylation sites (tertiary alicyclic amines) is 1. The number of amides is 1. The van der Waals surface area contributed by atoms with Gasteiger partial charge in [0.05, 0.1) is 20.6 Å². The van der Waals surface area contributed by atoms with Crippen molar-refractivity contribution < 1.29 is 28.5 Å². The van der Waals surface area contributed by atoms with E-state index in [1.54, 1.807) is 24.1 Å². The highest BCUT2D eigenvalue weighted by molar-refractivity contribution is 6.03. The van der Waals surface area contributed by atoms with Gasteiger partial charge in [0.15, 0.2) is 5.78 Å². The first-order chi connectivity index (χ1) is 12.0. The first-order valence-electron chi connectivity index (χ1n) is 8.27. The molecule has 1 aromatic carbocycles. The standard InChI is InChI=1S/C18H23NO6/c1-22-11-16(21)19-6-4-18(5-7-19)10-13(20)17-14(24-3)8-12(23-2)9-15(17)25-18/h8-9H,4-7,10-11H2,1-3H3. The molecule has 0 unspecified atom stereocenters. The van der Waals surface area contributed by atoms with Crippen LogP contribution >= 0.6 is 0 Å². The number of rotatable bonds is 4. The Morgan fingerprint density at radius 1 is 1.20 bits per heavy atom. The number of carbonyl (C=O) groups excluding carboxylic acids is 2. The van der Waals surface area contributed by atoms with Crippen molar-refractivity contribution in [3.05, 3.63) is 17.7 Å². The molecule has 0 aromatic heterocycles. The van der Waals surface area contributed by atoms with E-state index in [1.807, 2.05) is 0 Å². The molecule has 1 spiro atoms. The summed E-state index contributed by atoms with van der Waals surface area (Å²) in [7, 11) is 4.58. The second-order valence-electron chi connectivity index (χ2n) is 6.40. The predicted octanol–water partition coefficient (Wildman–Crippen LogP) is 1.68. The summed E-state index contributed by atoms with van der Waals surface area (Å²) in [6.45, 7) is 1.17. The molecular formula is C18H23NO6. The van der Waals surface area contributed by atoms with Crippen molar-refractivity contribution in [3.63, 3.8) is 0 Å². The highest BCUT2D eigenvalue weighted by atomic mass is 16.5. The fraction of sp³-hybridized carbons (Fsp3) is 0.556. The SMILES string of the molecule is COCC(=O)N1CCC2(CC1)CC(=O)c1c(OC)cc(OC)cc1O2. The normalized spacial score (nSPS) is 18.5. The van der Waals surface area contributed by atoms with Crippen LogP contribution < -0.4 is 14.2 Å². The number of carbonyl (C=O) groups is 2. The largest absolute Gasteiger partial charge is 0.496 e. The van der Waals surface area contributed by atoms with Gasteiger partial charge in [0.25, 0.3) is 0 Å². The number of hydrogen-bond donors (Lipinski definition) is 0. The van der Waals surface area contributed by atoms with Crippen LogP contribution in [0.4, 0.5) is 0 Å². The van der Waals surface area contributed by atoms with Gasteiger partial charge < -0.3 is 23.8 Å². The average molecular weight is 349 g/mol. The minimum atomic E-state index is -0.578. The van der Waals surface area contributed by atoms with Crippen LogP contribution in [0.3, 0.4) is 0 Å². The van der Waals surface area contributed by atoms with Crippen LogP contribution in [0.5, 0.6) is 17.2 Å². The van der Waals surface area contributed by atoms with Gasteiger partial charge >= 0.3 is 0 Å². The van der Waals surface area contributed by atoms with Gasteiger partial charge in [-0.1, -0.05) is 0 Å². The molecule has 1 aromatic rings. The van der Waals surface area contributed by atoms with E-state index in [-0.39, 0.29) is 24.7 Å². The van der Waals surface area contributed by atoms with Crippen molar-refractivity contribution in [3.8, 4) is 17.2 Å². The Labute approximate surface area is 146 Å². The zero-order valence-corrected chi connectivity index (χ0v) is 14.8. The third kappa shape index (κ3) is 3.28. The van der Waals surface area contributed by atoms with E-state index in [0.717, 1.165) is 0 Å². The maximum absolute atomic E-state index is 12.8. The Bertz CT molecular complexity index is 678. The van der Waals surface area contributed by atoms with Crippen LogP contribution in [-0.4, -0.2) is 63.2 Å². The third-order valence-corrected chi connectivity index (χ3v) is 4.88. The topological polar surface area (TPSA) is 74.3 Å². The predicted molar refractivity (Wildman–Crippen MR) is 89.5 cm³/mol. The molecule has 2 heterocycles. The van der Waals surface area contributed by atoms with Gasteiger partial charge in [-0.25, -0.2) is 0 Å². The van der Waals surface area contributed by atoms with Crippen LogP contribution in [0.25, 0.3) is 0 Å². The third-order valence-electron chi connectivity index (χ3n) is 4.88. The Morgan fingerprint density at radius 3 is 2.52 bits per heavy atom. The molecule has 0 bridgehead atoms. The molecule has 136 valence electrons. The van der Waals surface area contributed by atoms with Crippen molar-refractivity contribution in [2.24, 2.45) is 0 Å². The smallest absolute Gasteiger partial charge is 0.248 e. The van der Waals surface area contributed by atoms with E-state index in [9.17, 15) is 9.59 Å². The fourth-order valence-corrected chi connectivity index (χ4v) is 3.51. The number of nitrogens with zero attached hydrogens (tertiary/aromatic N) is 1. The number of ether oxygens (including phenoxy) is 4. The number of piperidine rings is 1. The first kappa shape index (κ1) is 17.5. The monoisotopic (exact) mass is 349 g/mol. The number of hydrogen-bond acceptors (Lipinski definition) is 6. The molecule has 0 saturated carbocycles. The van der Waals surface area contributed by atoms with E-state index in [2.05, 4.69) is 0 Å². The van der Waals surface area contributed by atoms with Crippen molar-refractivity contribution in [1.82, 2.24) is 4.90 Å². The van der Waals surface area contributed by atoms with Gasteiger partial charge in [0.1, 0.15) is 35.0 Å². The van der Waals surface area contributed by atoms with Gasteiger partial charge in [-0.15, -0.1) is 0 Å². The van der Waals surface area contributed by atoms with Gasteiger partial charge in [-0.05, 0) is 0 Å². The lowest BCUT2D eigenvalue weighted by Crippen LogP contribution is -2.52. The molecule has 7 nitrogen and oxygen atoms in total. The summed E-state index contributed by atoms with van der Waals surface area (Å²) in [6.07, 6.45) is 1.50. The Hall–Kier alpha value is -2.28. The Morgan fingerprint density at radius 2 is 1.92 bits per heavy atom. The lowest BCUT2D eigenvalue weighted by atomic mass is 9.82. The summed E-state index contributed by atoms with van der Waals surface area (Å²) in [6, 6.07) is 3.41. The lowest BCUT2D eigenvalue weighted by molar-refractivity contribution is -0.138. The molecule has 25 heavy (non-hydrogen) atoms. The fourth-order valence-electron chi connectivity index (χ4n) is 3.51. The van der Waals surface area contributed by atoms with Crippen LogP contribution in [-0.2, 0) is 9.53 Å². The second-order valence-corrected chi connectivity index (χ2v) is 6.40. The molecule has 3 rings (SSSR count). The number of methoxy groups -OCH3 is 3. The molecule has 1 saturated heterocycles. The summed E-state index contributed by atoms with van der Waals surface area (Å²) >= 11 is 0. The van der Waals surface area contributed by atoms with Gasteiger partial charge in [-0.2, -0.15) is 0 Å². The molecule has 1 fully saturated rings. The molecule has 0 atom stereocenters. The second kappa shape index (κ2) is 6.92. The van der Waals surface area contributed by atoms with Gasteiger partial charge in [0.2, 0.25) is 5.91 Å². The molecule has 7 heteroatoms. The maximum Gasteiger partial charge on any atom is 0.248 e. The number of benzene rings is 1. The zero-order valence-electron chi connectivity index (χ0n) is 14.8. The molecular weight excluding hydrogens is 326 g/mol. The first-order valence-corrected chi connectivity index (χ1v) is 8.27. The van der Waals surface area contributed by atoms with Crippen LogP contribution in [0.1, 0.15) is 29.6 Å². The minimum Gasteiger partial charge on any atom is -0.496 e. The van der Waals surface area contributed by atoms with E-state index in [0.29, 0.717) is 48.7 Å². The molecule has 2 aliphatic rings. The maximum atomic E-state index is 12.8. The highest BCUT2D eigenvalue weighted by Crippen LogP contribution is 2.44. The molecule has 0 N–H and O–H groups in total. The van der Waals surface area contributed by atoms with E-state index >= 15 is 0 Å². The van der Waals surface area contributed by atoms with E-state index in [1.165, 1.54) is 14.2 Å². The quantitative estimate of drug-likeness (QED) is 0.823. The zero-order chi connectivity index (χ0) is 18.0. The molecule has 1 amide bonds. The number of Topliss-reactive ketones (excluding diaryl/α,β-unsaturated/α-hetero) is 1.